The Hall–Kier alpha value is -1.98. The number of rotatable bonds is 9. The molecule has 0 radical (unpaired) electrons. The summed E-state index contributed by atoms with van der Waals surface area (Å²) >= 11 is 1.38. The highest BCUT2D eigenvalue weighted by Gasteiger charge is 2.29. The van der Waals surface area contributed by atoms with E-state index >= 15 is 0 Å². The van der Waals surface area contributed by atoms with Crippen molar-refractivity contribution in [3.05, 3.63) is 45.8 Å². The number of carbonyl (C=O) groups excluding carboxylic acids is 2. The van der Waals surface area contributed by atoms with Crippen molar-refractivity contribution in [2.75, 3.05) is 39.1 Å². The van der Waals surface area contributed by atoms with E-state index in [9.17, 15) is 18.0 Å². The number of esters is 1. The van der Waals surface area contributed by atoms with Crippen LogP contribution in [0.3, 0.4) is 0 Å². The number of benzene rings is 1. The number of sulfonamides is 1. The van der Waals surface area contributed by atoms with Crippen LogP contribution in [0.1, 0.15) is 58.9 Å². The number of carbonyl (C=O) groups is 2. The fraction of sp³-hybridized carbons (Fsp3) is 0.520. The van der Waals surface area contributed by atoms with Gasteiger partial charge in [-0.25, -0.2) is 13.2 Å². The Morgan fingerprint density at radius 2 is 1.69 bits per heavy atom. The van der Waals surface area contributed by atoms with Crippen LogP contribution in [0.5, 0.6) is 0 Å². The molecule has 11 heteroatoms. The molecule has 0 saturated carbocycles. The summed E-state index contributed by atoms with van der Waals surface area (Å²) in [5, 5.41) is 3.30. The van der Waals surface area contributed by atoms with Crippen LogP contribution in [0, 0.1) is 11.8 Å². The topological polar surface area (TPSA) is 96.0 Å². The first-order valence-electron chi connectivity index (χ1n) is 11.8. The number of nitrogens with zero attached hydrogens (tertiary/aromatic N) is 2. The van der Waals surface area contributed by atoms with Gasteiger partial charge < -0.3 is 15.0 Å². The van der Waals surface area contributed by atoms with E-state index in [4.69, 9.17) is 4.74 Å². The molecule has 1 aliphatic heterocycles. The van der Waals surface area contributed by atoms with Crippen molar-refractivity contribution in [1.29, 1.82) is 0 Å². The quantitative estimate of drug-likeness (QED) is 0.456. The zero-order chi connectivity index (χ0) is 25.9. The second-order valence-corrected chi connectivity index (χ2v) is 12.8. The predicted molar refractivity (Wildman–Crippen MR) is 146 cm³/mol. The number of anilines is 1. The van der Waals surface area contributed by atoms with E-state index in [2.05, 4.69) is 10.2 Å². The zero-order valence-electron chi connectivity index (χ0n) is 21.7. The Morgan fingerprint density at radius 3 is 2.22 bits per heavy atom. The lowest BCUT2D eigenvalue weighted by atomic mass is 10.0. The van der Waals surface area contributed by atoms with Crippen molar-refractivity contribution in [2.24, 2.45) is 11.8 Å². The SMILES string of the molecule is COC(=O)c1c(NC(=O)c2ccc(S(=O)(=O)N(CC(C)C)CC(C)C)cc2)sc2c1CCN(C)C2.Cl. The molecule has 0 unspecified atom stereocenters. The minimum absolute atomic E-state index is 0. The zero-order valence-corrected chi connectivity index (χ0v) is 24.1. The molecule has 1 aromatic heterocycles. The molecule has 1 aromatic carbocycles. The summed E-state index contributed by atoms with van der Waals surface area (Å²) in [7, 11) is -0.344. The summed E-state index contributed by atoms with van der Waals surface area (Å²) in [5.41, 5.74) is 1.64. The predicted octanol–water partition coefficient (Wildman–Crippen LogP) is 4.50. The van der Waals surface area contributed by atoms with E-state index in [1.807, 2.05) is 34.7 Å². The summed E-state index contributed by atoms with van der Waals surface area (Å²) in [5.74, 6) is -0.505. The lowest BCUT2D eigenvalue weighted by Gasteiger charge is -2.25. The van der Waals surface area contributed by atoms with Crippen LogP contribution < -0.4 is 5.32 Å². The second kappa shape index (κ2) is 12.5. The lowest BCUT2D eigenvalue weighted by Crippen LogP contribution is -2.37. The fourth-order valence-corrected chi connectivity index (χ4v) is 7.20. The highest BCUT2D eigenvalue weighted by atomic mass is 35.5. The van der Waals surface area contributed by atoms with Crippen LogP contribution in [0.4, 0.5) is 5.00 Å². The number of hydrogen-bond donors (Lipinski definition) is 1. The Balaban J connectivity index is 0.00000456. The molecule has 2 heterocycles. The fourth-order valence-electron chi connectivity index (χ4n) is 4.13. The van der Waals surface area contributed by atoms with Gasteiger partial charge in [-0.1, -0.05) is 27.7 Å². The minimum atomic E-state index is -3.68. The summed E-state index contributed by atoms with van der Waals surface area (Å²) in [6.45, 7) is 10.3. The Labute approximate surface area is 224 Å². The number of nitrogens with one attached hydrogen (secondary N) is 1. The number of fused-ring (bicyclic) bond motifs is 1. The van der Waals surface area contributed by atoms with Crippen molar-refractivity contribution < 1.29 is 22.7 Å². The molecule has 36 heavy (non-hydrogen) atoms. The third-order valence-corrected chi connectivity index (χ3v) is 8.73. The van der Waals surface area contributed by atoms with Crippen LogP contribution >= 0.6 is 23.7 Å². The number of amides is 1. The maximum absolute atomic E-state index is 13.2. The van der Waals surface area contributed by atoms with Gasteiger partial charge >= 0.3 is 5.97 Å². The van der Waals surface area contributed by atoms with Gasteiger partial charge in [0, 0.05) is 36.6 Å². The molecule has 1 N–H and O–H groups in total. The normalized spacial score (nSPS) is 14.0. The Morgan fingerprint density at radius 1 is 1.11 bits per heavy atom. The number of thiophene rings is 1. The standard InChI is InChI=1S/C25H35N3O5S2.ClH/c1-16(2)13-28(14-17(3)4)35(31,32)19-9-7-18(8-10-19)23(29)26-24-22(25(30)33-6)20-11-12-27(5)15-21(20)34-24;/h7-10,16-17H,11-15H2,1-6H3,(H,26,29);1H. The lowest BCUT2D eigenvalue weighted by molar-refractivity contribution is 0.0600. The molecule has 1 amide bonds. The Bertz CT molecular complexity index is 1170. The van der Waals surface area contributed by atoms with Gasteiger partial charge in [-0.05, 0) is 55.1 Å². The second-order valence-electron chi connectivity index (χ2n) is 9.78. The average molecular weight is 558 g/mol. The van der Waals surface area contributed by atoms with Gasteiger partial charge in [0.25, 0.3) is 5.91 Å². The summed E-state index contributed by atoms with van der Waals surface area (Å²) in [4.78, 5) is 28.8. The minimum Gasteiger partial charge on any atom is -0.465 e. The van der Waals surface area contributed by atoms with Crippen LogP contribution in [0.15, 0.2) is 29.2 Å². The smallest absolute Gasteiger partial charge is 0.341 e. The highest BCUT2D eigenvalue weighted by Crippen LogP contribution is 2.37. The van der Waals surface area contributed by atoms with Gasteiger partial charge in [0.15, 0.2) is 0 Å². The number of ether oxygens (including phenoxy) is 1. The molecule has 1 aliphatic rings. The molecule has 0 bridgehead atoms. The monoisotopic (exact) mass is 557 g/mol. The molecule has 0 aliphatic carbocycles. The van der Waals surface area contributed by atoms with Crippen molar-refractivity contribution in [3.8, 4) is 0 Å². The maximum atomic E-state index is 13.2. The maximum Gasteiger partial charge on any atom is 0.341 e. The largest absolute Gasteiger partial charge is 0.465 e. The van der Waals surface area contributed by atoms with Crippen molar-refractivity contribution in [2.45, 2.75) is 45.6 Å². The molecular weight excluding hydrogens is 522 g/mol. The molecule has 8 nitrogen and oxygen atoms in total. The number of methoxy groups -OCH3 is 1. The summed E-state index contributed by atoms with van der Waals surface area (Å²) < 4.78 is 33.0. The molecule has 0 spiro atoms. The van der Waals surface area contributed by atoms with Crippen molar-refractivity contribution >= 4 is 50.6 Å². The average Bonchev–Trinajstić information content (AvgIpc) is 3.14. The third kappa shape index (κ3) is 6.86. The van der Waals surface area contributed by atoms with Gasteiger partial charge in [-0.2, -0.15) is 4.31 Å². The molecule has 3 rings (SSSR count). The van der Waals surface area contributed by atoms with Gasteiger partial charge in [0.1, 0.15) is 5.00 Å². The van der Waals surface area contributed by atoms with Gasteiger partial charge in [0.05, 0.1) is 17.6 Å². The molecular formula is C25H36ClN3O5S2. The highest BCUT2D eigenvalue weighted by molar-refractivity contribution is 7.89. The van der Waals surface area contributed by atoms with Crippen molar-refractivity contribution in [1.82, 2.24) is 9.21 Å². The molecule has 0 atom stereocenters. The number of hydrogen-bond acceptors (Lipinski definition) is 7. The summed E-state index contributed by atoms with van der Waals surface area (Å²) in [6, 6.07) is 5.94. The van der Waals surface area contributed by atoms with E-state index < -0.39 is 21.9 Å². The van der Waals surface area contributed by atoms with E-state index in [1.165, 1.54) is 47.0 Å². The first-order valence-corrected chi connectivity index (χ1v) is 14.0. The van der Waals surface area contributed by atoms with Crippen LogP contribution in [-0.2, 0) is 27.7 Å². The van der Waals surface area contributed by atoms with Crippen LogP contribution in [-0.4, -0.2) is 63.3 Å². The molecule has 0 saturated heterocycles. The number of likely N-dealkylation sites (N-methyl/N-ethyl adjacent to an activating group) is 1. The van der Waals surface area contributed by atoms with Gasteiger partial charge in [0.2, 0.25) is 10.0 Å². The van der Waals surface area contributed by atoms with Gasteiger partial charge in [-0.3, -0.25) is 4.79 Å². The van der Waals surface area contributed by atoms with Crippen molar-refractivity contribution in [3.63, 3.8) is 0 Å². The van der Waals surface area contributed by atoms with Crippen LogP contribution in [0.25, 0.3) is 0 Å². The van der Waals surface area contributed by atoms with E-state index in [1.54, 1.807) is 0 Å². The Kier molecular flexibility index (Phi) is 10.5. The first kappa shape index (κ1) is 30.2. The van der Waals surface area contributed by atoms with E-state index in [0.29, 0.717) is 42.2 Å². The van der Waals surface area contributed by atoms with E-state index in [0.717, 1.165) is 17.0 Å². The summed E-state index contributed by atoms with van der Waals surface area (Å²) in [6.07, 6.45) is 0.707. The third-order valence-electron chi connectivity index (χ3n) is 5.76. The molecule has 200 valence electrons. The number of halogens is 1. The van der Waals surface area contributed by atoms with Gasteiger partial charge in [-0.15, -0.1) is 23.7 Å². The van der Waals surface area contributed by atoms with E-state index in [-0.39, 0.29) is 29.1 Å². The first-order chi connectivity index (χ1) is 16.4. The molecule has 0 fully saturated rings. The molecule has 2 aromatic rings. The van der Waals surface area contributed by atoms with Crippen LogP contribution in [0.2, 0.25) is 0 Å².